The number of nitro benzene ring substituents is 1. The van der Waals surface area contributed by atoms with E-state index in [1.807, 2.05) is 0 Å². The molecule has 1 aliphatic carbocycles. The standard InChI is InChI=1S/C18H21N3O6/c22-16(19-13-5-7-15(8-6-13)21(25)26)11-27-18(24)12-9-17(23)20(10-12)14-3-1-2-4-14/h5-8,12,14H,1-4,9-11H2,(H,19,22)/t12-/m1/s1. The molecule has 0 bridgehead atoms. The van der Waals surface area contributed by atoms with E-state index in [0.717, 1.165) is 25.7 Å². The van der Waals surface area contributed by atoms with Crippen molar-refractivity contribution in [2.24, 2.45) is 5.92 Å². The van der Waals surface area contributed by atoms with Gasteiger partial charge >= 0.3 is 5.97 Å². The van der Waals surface area contributed by atoms with Crippen LogP contribution in [0.15, 0.2) is 24.3 Å². The molecule has 3 rings (SSSR count). The molecule has 144 valence electrons. The lowest BCUT2D eigenvalue weighted by Crippen LogP contribution is -2.35. The maximum atomic E-state index is 12.2. The van der Waals surface area contributed by atoms with Gasteiger partial charge in [-0.3, -0.25) is 24.5 Å². The minimum Gasteiger partial charge on any atom is -0.455 e. The van der Waals surface area contributed by atoms with Gasteiger partial charge < -0.3 is 15.0 Å². The molecule has 1 atom stereocenters. The van der Waals surface area contributed by atoms with Crippen molar-refractivity contribution in [1.82, 2.24) is 4.90 Å². The zero-order chi connectivity index (χ0) is 19.4. The van der Waals surface area contributed by atoms with Crippen LogP contribution in [-0.4, -0.2) is 46.8 Å². The first-order valence-corrected chi connectivity index (χ1v) is 8.94. The van der Waals surface area contributed by atoms with Crippen LogP contribution in [0, 0.1) is 16.0 Å². The molecule has 2 amide bonds. The van der Waals surface area contributed by atoms with Gasteiger partial charge in [-0.25, -0.2) is 0 Å². The van der Waals surface area contributed by atoms with Crippen LogP contribution in [0.5, 0.6) is 0 Å². The van der Waals surface area contributed by atoms with E-state index in [0.29, 0.717) is 12.2 Å². The van der Waals surface area contributed by atoms with E-state index in [-0.39, 0.29) is 24.1 Å². The number of hydrogen-bond donors (Lipinski definition) is 1. The Labute approximate surface area is 155 Å². The van der Waals surface area contributed by atoms with Crippen molar-refractivity contribution in [3.63, 3.8) is 0 Å². The Morgan fingerprint density at radius 2 is 1.89 bits per heavy atom. The average molecular weight is 375 g/mol. The zero-order valence-corrected chi connectivity index (χ0v) is 14.8. The van der Waals surface area contributed by atoms with Crippen LogP contribution in [0.4, 0.5) is 11.4 Å². The molecule has 27 heavy (non-hydrogen) atoms. The van der Waals surface area contributed by atoms with Crippen molar-refractivity contribution in [2.75, 3.05) is 18.5 Å². The van der Waals surface area contributed by atoms with E-state index in [1.54, 1.807) is 4.90 Å². The second-order valence-corrected chi connectivity index (χ2v) is 6.85. The number of non-ortho nitro benzene ring substituents is 1. The number of carbonyl (C=O) groups is 3. The number of rotatable bonds is 6. The lowest BCUT2D eigenvalue weighted by molar-refractivity contribution is -0.384. The van der Waals surface area contributed by atoms with Crippen LogP contribution in [0.25, 0.3) is 0 Å². The third kappa shape index (κ3) is 4.60. The van der Waals surface area contributed by atoms with Crippen LogP contribution in [0.3, 0.4) is 0 Å². The first-order valence-electron chi connectivity index (χ1n) is 8.94. The summed E-state index contributed by atoms with van der Waals surface area (Å²) < 4.78 is 5.04. The van der Waals surface area contributed by atoms with Gasteiger partial charge in [0.2, 0.25) is 5.91 Å². The first kappa shape index (κ1) is 18.8. The third-order valence-electron chi connectivity index (χ3n) is 4.96. The predicted octanol–water partition coefficient (Wildman–Crippen LogP) is 1.87. The van der Waals surface area contributed by atoms with Crippen LogP contribution in [0.1, 0.15) is 32.1 Å². The Bertz CT molecular complexity index is 742. The Balaban J connectivity index is 1.45. The number of likely N-dealkylation sites (tertiary alicyclic amines) is 1. The molecule has 1 saturated carbocycles. The number of ether oxygens (including phenoxy) is 1. The number of hydrogen-bond acceptors (Lipinski definition) is 6. The molecule has 1 N–H and O–H groups in total. The van der Waals surface area contributed by atoms with E-state index >= 15 is 0 Å². The molecule has 1 aliphatic heterocycles. The van der Waals surface area contributed by atoms with Gasteiger partial charge in [0.25, 0.3) is 11.6 Å². The molecule has 0 aromatic heterocycles. The number of benzene rings is 1. The quantitative estimate of drug-likeness (QED) is 0.460. The molecule has 0 spiro atoms. The van der Waals surface area contributed by atoms with Gasteiger partial charge in [-0.2, -0.15) is 0 Å². The van der Waals surface area contributed by atoms with Crippen molar-refractivity contribution in [3.05, 3.63) is 34.4 Å². The lowest BCUT2D eigenvalue weighted by Gasteiger charge is -2.23. The molecule has 9 heteroatoms. The van der Waals surface area contributed by atoms with E-state index in [9.17, 15) is 24.5 Å². The Hall–Kier alpha value is -2.97. The van der Waals surface area contributed by atoms with Crippen molar-refractivity contribution >= 4 is 29.2 Å². The Morgan fingerprint density at radius 1 is 1.22 bits per heavy atom. The molecule has 0 radical (unpaired) electrons. The molecule has 9 nitrogen and oxygen atoms in total. The maximum absolute atomic E-state index is 12.2. The summed E-state index contributed by atoms with van der Waals surface area (Å²) in [6, 6.07) is 5.55. The topological polar surface area (TPSA) is 119 Å². The molecule has 2 aliphatic rings. The number of esters is 1. The van der Waals surface area contributed by atoms with Gasteiger partial charge in [0.15, 0.2) is 6.61 Å². The second kappa shape index (κ2) is 8.15. The van der Waals surface area contributed by atoms with Gasteiger partial charge in [-0.05, 0) is 25.0 Å². The van der Waals surface area contributed by atoms with Gasteiger partial charge in [0.1, 0.15) is 0 Å². The van der Waals surface area contributed by atoms with Crippen molar-refractivity contribution < 1.29 is 24.0 Å². The van der Waals surface area contributed by atoms with Crippen LogP contribution in [-0.2, 0) is 19.1 Å². The highest BCUT2D eigenvalue weighted by Crippen LogP contribution is 2.29. The Morgan fingerprint density at radius 3 is 2.52 bits per heavy atom. The SMILES string of the molecule is O=C(COC(=O)[C@@H]1CC(=O)N(C2CCCC2)C1)Nc1ccc([N+](=O)[O-])cc1. The van der Waals surface area contributed by atoms with Gasteiger partial charge in [0.05, 0.1) is 10.8 Å². The highest BCUT2D eigenvalue weighted by Gasteiger charge is 2.39. The lowest BCUT2D eigenvalue weighted by atomic mass is 10.1. The summed E-state index contributed by atoms with van der Waals surface area (Å²) in [6.45, 7) is -0.115. The van der Waals surface area contributed by atoms with Crippen molar-refractivity contribution in [3.8, 4) is 0 Å². The number of amides is 2. The molecular weight excluding hydrogens is 354 g/mol. The molecular formula is C18H21N3O6. The number of carbonyl (C=O) groups excluding carboxylic acids is 3. The Kier molecular flexibility index (Phi) is 5.68. The zero-order valence-electron chi connectivity index (χ0n) is 14.8. The van der Waals surface area contributed by atoms with Gasteiger partial charge in [-0.15, -0.1) is 0 Å². The van der Waals surface area contributed by atoms with E-state index in [2.05, 4.69) is 5.32 Å². The van der Waals surface area contributed by atoms with Crippen molar-refractivity contribution in [1.29, 1.82) is 0 Å². The fraction of sp³-hybridized carbons (Fsp3) is 0.500. The van der Waals surface area contributed by atoms with E-state index in [1.165, 1.54) is 24.3 Å². The molecule has 1 aromatic rings. The monoisotopic (exact) mass is 375 g/mol. The second-order valence-electron chi connectivity index (χ2n) is 6.85. The highest BCUT2D eigenvalue weighted by atomic mass is 16.6. The number of anilines is 1. The minimum atomic E-state index is -0.553. The normalized spacial score (nSPS) is 19.9. The van der Waals surface area contributed by atoms with Crippen molar-refractivity contribution in [2.45, 2.75) is 38.1 Å². The third-order valence-corrected chi connectivity index (χ3v) is 4.96. The van der Waals surface area contributed by atoms with Crippen LogP contribution in [0.2, 0.25) is 0 Å². The average Bonchev–Trinajstić information content (AvgIpc) is 3.29. The summed E-state index contributed by atoms with van der Waals surface area (Å²) in [5.74, 6) is -1.67. The molecule has 1 heterocycles. The summed E-state index contributed by atoms with van der Waals surface area (Å²) in [5, 5.41) is 13.1. The van der Waals surface area contributed by atoms with Gasteiger partial charge in [-0.1, -0.05) is 12.8 Å². The fourth-order valence-corrected chi connectivity index (χ4v) is 3.58. The number of nitrogens with zero attached hydrogens (tertiary/aromatic N) is 2. The smallest absolute Gasteiger partial charge is 0.311 e. The molecule has 1 aromatic carbocycles. The largest absolute Gasteiger partial charge is 0.455 e. The molecule has 2 fully saturated rings. The maximum Gasteiger partial charge on any atom is 0.311 e. The summed E-state index contributed by atoms with van der Waals surface area (Å²) in [5.41, 5.74) is 0.280. The van der Waals surface area contributed by atoms with E-state index in [4.69, 9.17) is 4.74 Å². The number of nitrogens with one attached hydrogen (secondary N) is 1. The molecule has 0 unspecified atom stereocenters. The van der Waals surface area contributed by atoms with E-state index < -0.39 is 29.3 Å². The minimum absolute atomic E-state index is 0.0285. The first-order chi connectivity index (χ1) is 12.9. The highest BCUT2D eigenvalue weighted by molar-refractivity contribution is 5.93. The summed E-state index contributed by atoms with van der Waals surface area (Å²) in [4.78, 5) is 48.0. The summed E-state index contributed by atoms with van der Waals surface area (Å²) in [7, 11) is 0. The summed E-state index contributed by atoms with van der Waals surface area (Å²) in [6.07, 6.45) is 4.29. The van der Waals surface area contributed by atoms with Crippen LogP contribution >= 0.6 is 0 Å². The number of nitro groups is 1. The van der Waals surface area contributed by atoms with Gasteiger partial charge in [0, 0.05) is 36.8 Å². The predicted molar refractivity (Wildman–Crippen MR) is 94.8 cm³/mol. The van der Waals surface area contributed by atoms with Crippen LogP contribution < -0.4 is 5.32 Å². The fourth-order valence-electron chi connectivity index (χ4n) is 3.58. The summed E-state index contributed by atoms with van der Waals surface area (Å²) >= 11 is 0. The molecule has 1 saturated heterocycles.